The van der Waals surface area contributed by atoms with Crippen LogP contribution in [0.3, 0.4) is 0 Å². The Bertz CT molecular complexity index is 826. The fraction of sp³-hybridized carbons (Fsp3) is 0.316. The maximum absolute atomic E-state index is 13.1. The maximum Gasteiger partial charge on any atom is 0.276 e. The molecule has 2 aromatic heterocycles. The molecule has 0 aliphatic carbocycles. The van der Waals surface area contributed by atoms with Crippen LogP contribution in [0, 0.1) is 0 Å². The normalized spacial score (nSPS) is 18.1. The van der Waals surface area contributed by atoms with Gasteiger partial charge in [-0.05, 0) is 37.1 Å². The lowest BCUT2D eigenvalue weighted by Crippen LogP contribution is -2.34. The Balaban J connectivity index is 1.61. The monoisotopic (exact) mass is 336 g/mol. The van der Waals surface area contributed by atoms with E-state index in [9.17, 15) is 4.79 Å². The van der Waals surface area contributed by atoms with Crippen molar-refractivity contribution >= 4 is 5.91 Å². The lowest BCUT2D eigenvalue weighted by molar-refractivity contribution is 0.0652. The Morgan fingerprint density at radius 1 is 1.08 bits per heavy atom. The van der Waals surface area contributed by atoms with Crippen LogP contribution in [0.1, 0.15) is 48.0 Å². The molecule has 1 saturated heterocycles. The van der Waals surface area contributed by atoms with Gasteiger partial charge in [-0.1, -0.05) is 36.3 Å². The smallest absolute Gasteiger partial charge is 0.276 e. The lowest BCUT2D eigenvalue weighted by Gasteiger charge is -2.27. The third kappa shape index (κ3) is 3.20. The van der Waals surface area contributed by atoms with Gasteiger partial charge in [0.2, 0.25) is 0 Å². The van der Waals surface area contributed by atoms with Gasteiger partial charge in [-0.25, -0.2) is 4.68 Å². The number of nitrogens with zero attached hydrogens (tertiary/aromatic N) is 4. The number of aromatic nitrogens is 3. The second-order valence-electron chi connectivity index (χ2n) is 6.26. The van der Waals surface area contributed by atoms with Gasteiger partial charge in [0, 0.05) is 6.54 Å². The highest BCUT2D eigenvalue weighted by Crippen LogP contribution is 2.31. The van der Waals surface area contributed by atoms with E-state index in [0.29, 0.717) is 12.2 Å². The summed E-state index contributed by atoms with van der Waals surface area (Å²) < 4.78 is 7.22. The van der Waals surface area contributed by atoms with Crippen LogP contribution in [0.2, 0.25) is 0 Å². The molecule has 1 unspecified atom stereocenters. The Kier molecular flexibility index (Phi) is 4.33. The highest BCUT2D eigenvalue weighted by molar-refractivity contribution is 5.92. The highest BCUT2D eigenvalue weighted by atomic mass is 16.3. The number of carbonyl (C=O) groups is 1. The third-order valence-electron chi connectivity index (χ3n) is 4.62. The first kappa shape index (κ1) is 15.6. The van der Waals surface area contributed by atoms with Crippen LogP contribution in [0.25, 0.3) is 5.69 Å². The first-order valence-corrected chi connectivity index (χ1v) is 8.65. The summed E-state index contributed by atoms with van der Waals surface area (Å²) >= 11 is 0. The summed E-state index contributed by atoms with van der Waals surface area (Å²) in [7, 11) is 0. The number of amides is 1. The molecule has 3 heterocycles. The molecule has 128 valence electrons. The summed E-state index contributed by atoms with van der Waals surface area (Å²) in [6.07, 6.45) is 7.47. The first-order chi connectivity index (χ1) is 12.3. The minimum atomic E-state index is -0.0921. The van der Waals surface area contributed by atoms with Crippen LogP contribution < -0.4 is 0 Å². The molecule has 6 heteroatoms. The second kappa shape index (κ2) is 6.93. The number of rotatable bonds is 3. The Hall–Kier alpha value is -2.89. The van der Waals surface area contributed by atoms with Gasteiger partial charge < -0.3 is 9.32 Å². The van der Waals surface area contributed by atoms with E-state index in [-0.39, 0.29) is 11.9 Å². The van der Waals surface area contributed by atoms with Gasteiger partial charge in [0.25, 0.3) is 5.91 Å². The molecule has 1 amide bonds. The number of likely N-dealkylation sites (tertiary alicyclic amines) is 1. The molecular weight excluding hydrogens is 316 g/mol. The van der Waals surface area contributed by atoms with Crippen molar-refractivity contribution in [2.75, 3.05) is 6.54 Å². The lowest BCUT2D eigenvalue weighted by atomic mass is 10.1. The fourth-order valence-corrected chi connectivity index (χ4v) is 3.34. The highest BCUT2D eigenvalue weighted by Gasteiger charge is 2.30. The second-order valence-corrected chi connectivity index (χ2v) is 6.26. The zero-order valence-electron chi connectivity index (χ0n) is 13.9. The Morgan fingerprint density at radius 2 is 1.96 bits per heavy atom. The van der Waals surface area contributed by atoms with Gasteiger partial charge in [-0.3, -0.25) is 4.79 Å². The fourth-order valence-electron chi connectivity index (χ4n) is 3.34. The number of hydrogen-bond acceptors (Lipinski definition) is 4. The topological polar surface area (TPSA) is 64.2 Å². The average Bonchev–Trinajstić information content (AvgIpc) is 3.30. The zero-order chi connectivity index (χ0) is 17.1. The molecule has 1 aromatic carbocycles. The van der Waals surface area contributed by atoms with Gasteiger partial charge in [0.1, 0.15) is 5.76 Å². The summed E-state index contributed by atoms with van der Waals surface area (Å²) in [4.78, 5) is 15.0. The average molecular weight is 336 g/mol. The number of furan rings is 1. The van der Waals surface area contributed by atoms with Gasteiger partial charge in [0.15, 0.2) is 5.69 Å². The van der Waals surface area contributed by atoms with E-state index in [4.69, 9.17) is 4.42 Å². The van der Waals surface area contributed by atoms with Gasteiger partial charge in [-0.15, -0.1) is 5.10 Å². The summed E-state index contributed by atoms with van der Waals surface area (Å²) in [6.45, 7) is 0.711. The largest absolute Gasteiger partial charge is 0.467 e. The van der Waals surface area contributed by atoms with Crippen molar-refractivity contribution in [2.45, 2.75) is 31.7 Å². The Labute approximate surface area is 146 Å². The van der Waals surface area contributed by atoms with E-state index < -0.39 is 0 Å². The van der Waals surface area contributed by atoms with Crippen LogP contribution in [0.15, 0.2) is 59.3 Å². The summed E-state index contributed by atoms with van der Waals surface area (Å²) in [5.41, 5.74) is 1.25. The van der Waals surface area contributed by atoms with Crippen molar-refractivity contribution in [3.05, 3.63) is 66.4 Å². The molecule has 0 saturated carbocycles. The Morgan fingerprint density at radius 3 is 2.76 bits per heavy atom. The van der Waals surface area contributed by atoms with Crippen molar-refractivity contribution in [3.63, 3.8) is 0 Å². The SMILES string of the molecule is O=C(c1cn(-c2ccccc2)nn1)N1CCCCCC1c1ccco1. The van der Waals surface area contributed by atoms with Crippen molar-refractivity contribution in [3.8, 4) is 5.69 Å². The molecule has 3 aromatic rings. The third-order valence-corrected chi connectivity index (χ3v) is 4.62. The minimum absolute atomic E-state index is 0.0353. The van der Waals surface area contributed by atoms with Crippen LogP contribution >= 0.6 is 0 Å². The molecule has 0 N–H and O–H groups in total. The van der Waals surface area contributed by atoms with Crippen molar-refractivity contribution in [1.82, 2.24) is 19.9 Å². The van der Waals surface area contributed by atoms with E-state index in [1.165, 1.54) is 0 Å². The summed E-state index contributed by atoms with van der Waals surface area (Å²) in [5, 5.41) is 8.21. The van der Waals surface area contributed by atoms with Crippen LogP contribution in [0.4, 0.5) is 0 Å². The number of para-hydroxylation sites is 1. The molecule has 4 rings (SSSR count). The molecule has 0 spiro atoms. The number of benzene rings is 1. The molecule has 25 heavy (non-hydrogen) atoms. The van der Waals surface area contributed by atoms with Crippen LogP contribution in [-0.2, 0) is 0 Å². The van der Waals surface area contributed by atoms with E-state index in [0.717, 1.165) is 37.1 Å². The van der Waals surface area contributed by atoms with Gasteiger partial charge in [-0.2, -0.15) is 0 Å². The van der Waals surface area contributed by atoms with Gasteiger partial charge in [0.05, 0.1) is 24.2 Å². The maximum atomic E-state index is 13.1. The first-order valence-electron chi connectivity index (χ1n) is 8.65. The predicted octanol–water partition coefficient (Wildman–Crippen LogP) is 3.62. The molecular formula is C19H20N4O2. The molecule has 1 aliphatic rings. The van der Waals surface area contributed by atoms with E-state index in [1.807, 2.05) is 47.4 Å². The standard InChI is InChI=1S/C19H20N4O2/c24-19(16-14-23(21-20-16)15-8-3-1-4-9-15)22-12-6-2-5-10-17(22)18-11-7-13-25-18/h1,3-4,7-9,11,13-14,17H,2,5-6,10,12H2. The van der Waals surface area contributed by atoms with Crippen molar-refractivity contribution in [1.29, 1.82) is 0 Å². The number of hydrogen-bond donors (Lipinski definition) is 0. The van der Waals surface area contributed by atoms with E-state index in [2.05, 4.69) is 10.3 Å². The molecule has 0 bridgehead atoms. The zero-order valence-corrected chi connectivity index (χ0v) is 13.9. The molecule has 0 radical (unpaired) electrons. The number of carbonyl (C=O) groups excluding carboxylic acids is 1. The van der Waals surface area contributed by atoms with E-state index in [1.54, 1.807) is 17.1 Å². The van der Waals surface area contributed by atoms with Crippen molar-refractivity contribution in [2.24, 2.45) is 0 Å². The molecule has 6 nitrogen and oxygen atoms in total. The van der Waals surface area contributed by atoms with Crippen LogP contribution in [-0.4, -0.2) is 32.3 Å². The molecule has 1 aliphatic heterocycles. The van der Waals surface area contributed by atoms with Crippen LogP contribution in [0.5, 0.6) is 0 Å². The molecule has 1 atom stereocenters. The predicted molar refractivity (Wildman–Crippen MR) is 92.3 cm³/mol. The minimum Gasteiger partial charge on any atom is -0.467 e. The summed E-state index contributed by atoms with van der Waals surface area (Å²) in [5.74, 6) is 0.746. The van der Waals surface area contributed by atoms with Gasteiger partial charge >= 0.3 is 0 Å². The van der Waals surface area contributed by atoms with Crippen molar-refractivity contribution < 1.29 is 9.21 Å². The summed E-state index contributed by atoms with van der Waals surface area (Å²) in [6, 6.07) is 13.4. The quantitative estimate of drug-likeness (QED) is 0.733. The molecule has 1 fully saturated rings. The van der Waals surface area contributed by atoms with E-state index >= 15 is 0 Å².